The number of thioether (sulfide) groups is 4. The lowest BCUT2D eigenvalue weighted by atomic mass is 10.5. The lowest BCUT2D eigenvalue weighted by molar-refractivity contribution is 1.00. The Morgan fingerprint density at radius 1 is 0.611 bits per heavy atom. The average molecular weight is 310 g/mol. The molecule has 2 nitrogen and oxygen atoms in total. The van der Waals surface area contributed by atoms with Gasteiger partial charge in [-0.3, -0.25) is 0 Å². The van der Waals surface area contributed by atoms with Crippen LogP contribution < -0.4 is 0 Å². The van der Waals surface area contributed by atoms with Crippen LogP contribution in [0.5, 0.6) is 0 Å². The summed E-state index contributed by atoms with van der Waals surface area (Å²) < 4.78 is 0. The van der Waals surface area contributed by atoms with Crippen LogP contribution in [0.3, 0.4) is 0 Å². The van der Waals surface area contributed by atoms with Crippen molar-refractivity contribution >= 4 is 47.0 Å². The van der Waals surface area contributed by atoms with E-state index in [1.807, 2.05) is 0 Å². The molecule has 18 heavy (non-hydrogen) atoms. The van der Waals surface area contributed by atoms with Gasteiger partial charge in [-0.25, -0.2) is 9.97 Å². The molecular formula is C12H10N2S4. The minimum absolute atomic E-state index is 0.947. The van der Waals surface area contributed by atoms with E-state index >= 15 is 0 Å². The summed E-state index contributed by atoms with van der Waals surface area (Å²) in [6, 6.07) is 12.4. The zero-order valence-corrected chi connectivity index (χ0v) is 12.7. The predicted molar refractivity (Wildman–Crippen MR) is 81.6 cm³/mol. The maximum atomic E-state index is 4.62. The van der Waals surface area contributed by atoms with E-state index in [1.165, 1.54) is 0 Å². The van der Waals surface area contributed by atoms with Crippen LogP contribution in [0.15, 0.2) is 56.5 Å². The zero-order chi connectivity index (χ0) is 12.2. The van der Waals surface area contributed by atoms with Crippen molar-refractivity contribution in [2.24, 2.45) is 0 Å². The van der Waals surface area contributed by atoms with E-state index in [9.17, 15) is 0 Å². The van der Waals surface area contributed by atoms with Crippen LogP contribution in [0, 0.1) is 0 Å². The molecule has 0 spiro atoms. The van der Waals surface area contributed by atoms with E-state index in [2.05, 4.69) is 46.4 Å². The molecule has 6 heteroatoms. The van der Waals surface area contributed by atoms with Gasteiger partial charge in [0.1, 0.15) is 0 Å². The summed E-state index contributed by atoms with van der Waals surface area (Å²) in [5, 5.41) is 6.26. The third-order valence-electron chi connectivity index (χ3n) is 2.22. The standard InChI is InChI=1S/C12H10N2S4/c1-3-9-13-10(4-1)16-8-18-12-6-2-5-11(14-12)17-7-15-9/h1-6H,7-8H2. The Morgan fingerprint density at radius 3 is 1.28 bits per heavy atom. The lowest BCUT2D eigenvalue weighted by Gasteiger charge is -2.07. The van der Waals surface area contributed by atoms with Crippen LogP contribution >= 0.6 is 47.0 Å². The van der Waals surface area contributed by atoms with Crippen LogP contribution in [-0.2, 0) is 0 Å². The fraction of sp³-hybridized carbons (Fsp3) is 0.167. The zero-order valence-electron chi connectivity index (χ0n) is 9.41. The Balaban J connectivity index is 1.84. The summed E-state index contributed by atoms with van der Waals surface area (Å²) in [5.41, 5.74) is 0. The molecule has 0 N–H and O–H groups in total. The molecule has 0 radical (unpaired) electrons. The third-order valence-corrected chi connectivity index (χ3v) is 6.20. The highest BCUT2D eigenvalue weighted by molar-refractivity contribution is 8.16. The second-order valence-corrected chi connectivity index (χ2v) is 8.15. The van der Waals surface area contributed by atoms with Crippen molar-refractivity contribution in [2.75, 3.05) is 10.2 Å². The Kier molecular flexibility index (Phi) is 4.40. The first-order chi connectivity index (χ1) is 8.90. The molecule has 2 aromatic rings. The van der Waals surface area contributed by atoms with Crippen molar-refractivity contribution in [1.29, 1.82) is 0 Å². The number of hydrogen-bond acceptors (Lipinski definition) is 6. The molecule has 0 saturated heterocycles. The molecule has 3 rings (SSSR count). The van der Waals surface area contributed by atoms with E-state index in [1.54, 1.807) is 47.0 Å². The van der Waals surface area contributed by atoms with E-state index < -0.39 is 0 Å². The first-order valence-electron chi connectivity index (χ1n) is 5.35. The smallest absolute Gasteiger partial charge is 0.0981 e. The van der Waals surface area contributed by atoms with Gasteiger partial charge in [0.25, 0.3) is 0 Å². The molecule has 1 aliphatic rings. The third kappa shape index (κ3) is 3.38. The summed E-state index contributed by atoms with van der Waals surface area (Å²) in [5.74, 6) is 0. The number of nitrogens with zero attached hydrogens (tertiary/aromatic N) is 2. The highest BCUT2D eigenvalue weighted by Gasteiger charge is 2.05. The van der Waals surface area contributed by atoms with Gasteiger partial charge >= 0.3 is 0 Å². The maximum absolute atomic E-state index is 4.62. The molecule has 0 aromatic carbocycles. The summed E-state index contributed by atoms with van der Waals surface area (Å²) in [7, 11) is 0. The highest BCUT2D eigenvalue weighted by Crippen LogP contribution is 2.32. The van der Waals surface area contributed by atoms with E-state index in [4.69, 9.17) is 0 Å². The van der Waals surface area contributed by atoms with Crippen molar-refractivity contribution < 1.29 is 0 Å². The van der Waals surface area contributed by atoms with Crippen LogP contribution in [0.4, 0.5) is 0 Å². The van der Waals surface area contributed by atoms with Gasteiger partial charge in [0.05, 0.1) is 30.3 Å². The summed E-state index contributed by atoms with van der Waals surface area (Å²) in [6.07, 6.45) is 0. The van der Waals surface area contributed by atoms with Crippen LogP contribution in [0.25, 0.3) is 0 Å². The summed E-state index contributed by atoms with van der Waals surface area (Å²) in [6.45, 7) is 0. The van der Waals surface area contributed by atoms with E-state index in [0.717, 1.165) is 30.3 Å². The van der Waals surface area contributed by atoms with Gasteiger partial charge in [-0.15, -0.1) is 0 Å². The quantitative estimate of drug-likeness (QED) is 0.712. The highest BCUT2D eigenvalue weighted by atomic mass is 32.2. The van der Waals surface area contributed by atoms with Crippen LogP contribution in [-0.4, -0.2) is 20.1 Å². The topological polar surface area (TPSA) is 25.8 Å². The van der Waals surface area contributed by atoms with Crippen molar-refractivity contribution in [3.05, 3.63) is 36.4 Å². The van der Waals surface area contributed by atoms with Crippen LogP contribution in [0.1, 0.15) is 0 Å². The molecule has 3 heterocycles. The van der Waals surface area contributed by atoms with E-state index in [-0.39, 0.29) is 0 Å². The predicted octanol–water partition coefficient (Wildman–Crippen LogP) is 4.47. The second-order valence-electron chi connectivity index (χ2n) is 3.44. The second kappa shape index (κ2) is 6.23. The Labute approximate surface area is 123 Å². The summed E-state index contributed by atoms with van der Waals surface area (Å²) in [4.78, 5) is 9.24. The molecule has 0 fully saturated rings. The number of rotatable bonds is 0. The minimum Gasteiger partial charge on any atom is -0.235 e. The lowest BCUT2D eigenvalue weighted by Crippen LogP contribution is -1.88. The molecule has 0 atom stereocenters. The molecule has 92 valence electrons. The largest absolute Gasteiger partial charge is 0.235 e. The van der Waals surface area contributed by atoms with Gasteiger partial charge in [0.15, 0.2) is 0 Å². The molecule has 4 bridgehead atoms. The average Bonchev–Trinajstić information content (AvgIpc) is 2.39. The summed E-state index contributed by atoms with van der Waals surface area (Å²) >= 11 is 7.07. The van der Waals surface area contributed by atoms with Gasteiger partial charge in [0, 0.05) is 0 Å². The number of pyridine rings is 2. The molecule has 0 unspecified atom stereocenters. The fourth-order valence-corrected chi connectivity index (χ4v) is 5.28. The molecule has 0 saturated carbocycles. The SMILES string of the molecule is c1cc2nc(c1)SCSc1cccc(n1)SCS2. The first-order valence-corrected chi connectivity index (χ1v) is 9.30. The first kappa shape index (κ1) is 12.7. The Hall–Kier alpha value is -0.300. The number of aromatic nitrogens is 2. The monoisotopic (exact) mass is 310 g/mol. The Bertz CT molecular complexity index is 459. The van der Waals surface area contributed by atoms with Gasteiger partial charge in [-0.2, -0.15) is 0 Å². The molecule has 1 aliphatic heterocycles. The van der Waals surface area contributed by atoms with Crippen molar-refractivity contribution in [2.45, 2.75) is 20.1 Å². The molecule has 0 amide bonds. The minimum atomic E-state index is 0.947. The maximum Gasteiger partial charge on any atom is 0.0981 e. The number of hydrogen-bond donors (Lipinski definition) is 0. The Morgan fingerprint density at radius 2 is 0.944 bits per heavy atom. The fourth-order valence-electron chi connectivity index (χ4n) is 1.41. The normalized spacial score (nSPS) is 15.6. The van der Waals surface area contributed by atoms with Gasteiger partial charge in [0.2, 0.25) is 0 Å². The molecule has 0 aliphatic carbocycles. The molecular weight excluding hydrogens is 300 g/mol. The van der Waals surface area contributed by atoms with Gasteiger partial charge in [-0.1, -0.05) is 59.2 Å². The van der Waals surface area contributed by atoms with Crippen molar-refractivity contribution in [1.82, 2.24) is 9.97 Å². The van der Waals surface area contributed by atoms with Gasteiger partial charge < -0.3 is 0 Å². The van der Waals surface area contributed by atoms with Gasteiger partial charge in [-0.05, 0) is 24.3 Å². The van der Waals surface area contributed by atoms with E-state index in [0.29, 0.717) is 0 Å². The molecule has 2 aromatic heterocycles. The van der Waals surface area contributed by atoms with Crippen molar-refractivity contribution in [3.63, 3.8) is 0 Å². The number of fused-ring (bicyclic) bond motifs is 4. The van der Waals surface area contributed by atoms with Crippen molar-refractivity contribution in [3.8, 4) is 0 Å². The van der Waals surface area contributed by atoms with Crippen LogP contribution in [0.2, 0.25) is 0 Å².